The van der Waals surface area contributed by atoms with Gasteiger partial charge in [-0.05, 0) is 27.8 Å². The molecule has 0 unspecified atom stereocenters. The maximum atomic E-state index is 4.25. The monoisotopic (exact) mass is 222 g/mol. The molecule has 0 aliphatic heterocycles. The highest BCUT2D eigenvalue weighted by molar-refractivity contribution is 4.93. The van der Waals surface area contributed by atoms with Crippen molar-refractivity contribution in [3.8, 4) is 0 Å². The number of hydrogen-bond donors (Lipinski definition) is 1. The molecule has 0 aliphatic rings. The summed E-state index contributed by atoms with van der Waals surface area (Å²) in [5.41, 5.74) is 1.20. The van der Waals surface area contributed by atoms with Gasteiger partial charge in [0.05, 0.1) is 5.69 Å². The molecule has 0 aromatic carbocycles. The minimum absolute atomic E-state index is 0.188. The van der Waals surface area contributed by atoms with Crippen LogP contribution < -0.4 is 5.32 Å². The predicted molar refractivity (Wildman–Crippen MR) is 66.1 cm³/mol. The number of hydrogen-bond acceptors (Lipinski definition) is 4. The average molecular weight is 222 g/mol. The van der Waals surface area contributed by atoms with E-state index in [-0.39, 0.29) is 5.54 Å². The quantitative estimate of drug-likeness (QED) is 0.815. The molecule has 1 N–H and O–H groups in total. The third kappa shape index (κ3) is 5.78. The molecule has 0 radical (unpaired) electrons. The average Bonchev–Trinajstić information content (AvgIpc) is 2.17. The number of likely N-dealkylation sites (N-methyl/N-ethyl adjacent to an activating group) is 1. The Morgan fingerprint density at radius 1 is 1.31 bits per heavy atom. The van der Waals surface area contributed by atoms with E-state index >= 15 is 0 Å². The van der Waals surface area contributed by atoms with Gasteiger partial charge in [-0.1, -0.05) is 0 Å². The molecule has 0 bridgehead atoms. The molecule has 1 rings (SSSR count). The third-order valence-electron chi connectivity index (χ3n) is 2.20. The van der Waals surface area contributed by atoms with E-state index in [1.807, 2.05) is 6.20 Å². The molecule has 0 amide bonds. The molecule has 1 aromatic heterocycles. The molecular formula is C12H22N4. The summed E-state index contributed by atoms with van der Waals surface area (Å²) in [7, 11) is 2.10. The van der Waals surface area contributed by atoms with Crippen molar-refractivity contribution < 1.29 is 0 Å². The molecule has 0 saturated carbocycles. The fourth-order valence-corrected chi connectivity index (χ4v) is 1.39. The van der Waals surface area contributed by atoms with E-state index in [2.05, 4.69) is 48.0 Å². The molecule has 0 saturated heterocycles. The van der Waals surface area contributed by atoms with Gasteiger partial charge in [0.1, 0.15) is 0 Å². The highest BCUT2D eigenvalue weighted by Crippen LogP contribution is 1.99. The molecule has 4 nitrogen and oxygen atoms in total. The van der Waals surface area contributed by atoms with Gasteiger partial charge in [0.2, 0.25) is 0 Å². The number of aromatic nitrogens is 2. The summed E-state index contributed by atoms with van der Waals surface area (Å²) in [6.07, 6.45) is 5.24. The lowest BCUT2D eigenvalue weighted by molar-refractivity contribution is 0.300. The SMILES string of the molecule is CN(CCNC(C)(C)C)Cc1cnccn1. The maximum absolute atomic E-state index is 4.25. The first-order valence-corrected chi connectivity index (χ1v) is 5.66. The highest BCUT2D eigenvalue weighted by atomic mass is 15.1. The van der Waals surface area contributed by atoms with Crippen LogP contribution in [0.3, 0.4) is 0 Å². The lowest BCUT2D eigenvalue weighted by atomic mass is 10.1. The molecule has 1 heterocycles. The van der Waals surface area contributed by atoms with Gasteiger partial charge in [0.15, 0.2) is 0 Å². The second kappa shape index (κ2) is 5.92. The van der Waals surface area contributed by atoms with Crippen molar-refractivity contribution in [3.05, 3.63) is 24.3 Å². The lowest BCUT2D eigenvalue weighted by Crippen LogP contribution is -2.40. The van der Waals surface area contributed by atoms with Crippen LogP contribution in [0.25, 0.3) is 0 Å². The summed E-state index contributed by atoms with van der Waals surface area (Å²) in [5, 5.41) is 3.46. The van der Waals surface area contributed by atoms with Crippen molar-refractivity contribution >= 4 is 0 Å². The Balaban J connectivity index is 2.24. The molecule has 0 atom stereocenters. The Morgan fingerprint density at radius 3 is 2.62 bits per heavy atom. The summed E-state index contributed by atoms with van der Waals surface area (Å²) in [6, 6.07) is 0. The van der Waals surface area contributed by atoms with E-state index < -0.39 is 0 Å². The van der Waals surface area contributed by atoms with Gasteiger partial charge in [0, 0.05) is 43.8 Å². The topological polar surface area (TPSA) is 41.0 Å². The van der Waals surface area contributed by atoms with Gasteiger partial charge in [-0.25, -0.2) is 0 Å². The first-order chi connectivity index (χ1) is 7.47. The molecule has 1 aromatic rings. The molecule has 0 spiro atoms. The minimum atomic E-state index is 0.188. The van der Waals surface area contributed by atoms with E-state index in [4.69, 9.17) is 0 Å². The number of nitrogens with zero attached hydrogens (tertiary/aromatic N) is 3. The van der Waals surface area contributed by atoms with Crippen LogP contribution in [0.2, 0.25) is 0 Å². The first-order valence-electron chi connectivity index (χ1n) is 5.66. The zero-order valence-corrected chi connectivity index (χ0v) is 10.7. The van der Waals surface area contributed by atoms with Crippen molar-refractivity contribution in [2.75, 3.05) is 20.1 Å². The summed E-state index contributed by atoms with van der Waals surface area (Å²) < 4.78 is 0. The van der Waals surface area contributed by atoms with E-state index in [0.717, 1.165) is 25.3 Å². The Labute approximate surface area is 98.1 Å². The van der Waals surface area contributed by atoms with Crippen LogP contribution >= 0.6 is 0 Å². The normalized spacial score (nSPS) is 12.1. The smallest absolute Gasteiger partial charge is 0.0726 e. The number of rotatable bonds is 5. The maximum Gasteiger partial charge on any atom is 0.0726 e. The first kappa shape index (κ1) is 13.1. The van der Waals surface area contributed by atoms with Crippen LogP contribution in [0.5, 0.6) is 0 Å². The zero-order valence-electron chi connectivity index (χ0n) is 10.7. The van der Waals surface area contributed by atoms with Crippen LogP contribution in [0.1, 0.15) is 26.5 Å². The van der Waals surface area contributed by atoms with Crippen molar-refractivity contribution in [3.63, 3.8) is 0 Å². The molecule has 0 aliphatic carbocycles. The molecular weight excluding hydrogens is 200 g/mol. The van der Waals surface area contributed by atoms with Gasteiger partial charge >= 0.3 is 0 Å². The largest absolute Gasteiger partial charge is 0.311 e. The molecule has 90 valence electrons. The summed E-state index contributed by atoms with van der Waals surface area (Å²) >= 11 is 0. The zero-order chi connectivity index (χ0) is 12.0. The summed E-state index contributed by atoms with van der Waals surface area (Å²) in [5.74, 6) is 0. The lowest BCUT2D eigenvalue weighted by Gasteiger charge is -2.23. The van der Waals surface area contributed by atoms with Crippen LogP contribution in [0.4, 0.5) is 0 Å². The van der Waals surface area contributed by atoms with E-state index in [0.29, 0.717) is 0 Å². The van der Waals surface area contributed by atoms with Gasteiger partial charge < -0.3 is 5.32 Å². The second-order valence-corrected chi connectivity index (χ2v) is 5.11. The van der Waals surface area contributed by atoms with Crippen LogP contribution in [0.15, 0.2) is 18.6 Å². The predicted octanol–water partition coefficient (Wildman–Crippen LogP) is 1.30. The summed E-state index contributed by atoms with van der Waals surface area (Å²) in [6.45, 7) is 9.37. The fourth-order valence-electron chi connectivity index (χ4n) is 1.39. The Kier molecular flexibility index (Phi) is 4.83. The van der Waals surface area contributed by atoms with E-state index in [1.165, 1.54) is 0 Å². The third-order valence-corrected chi connectivity index (χ3v) is 2.20. The molecule has 4 heteroatoms. The van der Waals surface area contributed by atoms with Crippen LogP contribution in [-0.2, 0) is 6.54 Å². The van der Waals surface area contributed by atoms with Gasteiger partial charge in [-0.3, -0.25) is 14.9 Å². The Morgan fingerprint density at radius 2 is 2.06 bits per heavy atom. The van der Waals surface area contributed by atoms with Crippen LogP contribution in [-0.4, -0.2) is 40.5 Å². The van der Waals surface area contributed by atoms with Gasteiger partial charge in [-0.2, -0.15) is 0 Å². The summed E-state index contributed by atoms with van der Waals surface area (Å²) in [4.78, 5) is 10.5. The highest BCUT2D eigenvalue weighted by Gasteiger charge is 2.08. The Bertz CT molecular complexity index is 292. The molecule has 16 heavy (non-hydrogen) atoms. The Hall–Kier alpha value is -1.00. The second-order valence-electron chi connectivity index (χ2n) is 5.11. The van der Waals surface area contributed by atoms with E-state index in [9.17, 15) is 0 Å². The van der Waals surface area contributed by atoms with Crippen LogP contribution in [0, 0.1) is 0 Å². The van der Waals surface area contributed by atoms with E-state index in [1.54, 1.807) is 12.4 Å². The van der Waals surface area contributed by atoms with Crippen molar-refractivity contribution in [1.82, 2.24) is 20.2 Å². The van der Waals surface area contributed by atoms with Crippen molar-refractivity contribution in [2.24, 2.45) is 0 Å². The van der Waals surface area contributed by atoms with Crippen molar-refractivity contribution in [2.45, 2.75) is 32.9 Å². The standard InChI is InChI=1S/C12H22N4/c1-12(2,3)15-7-8-16(4)10-11-9-13-5-6-14-11/h5-6,9,15H,7-8,10H2,1-4H3. The fraction of sp³-hybridized carbons (Fsp3) is 0.667. The number of nitrogens with one attached hydrogen (secondary N) is 1. The van der Waals surface area contributed by atoms with Gasteiger partial charge in [0.25, 0.3) is 0 Å². The minimum Gasteiger partial charge on any atom is -0.311 e. The molecule has 0 fully saturated rings. The van der Waals surface area contributed by atoms with Crippen molar-refractivity contribution in [1.29, 1.82) is 0 Å². The van der Waals surface area contributed by atoms with Gasteiger partial charge in [-0.15, -0.1) is 0 Å².